The van der Waals surface area contributed by atoms with E-state index in [-0.39, 0.29) is 11.6 Å². The van der Waals surface area contributed by atoms with Crippen molar-refractivity contribution in [1.82, 2.24) is 0 Å². The number of ether oxygens (including phenoxy) is 1. The molecule has 2 aromatic carbocycles. The van der Waals surface area contributed by atoms with E-state index in [1.807, 2.05) is 25.1 Å². The monoisotopic (exact) mass is 329 g/mol. The second-order valence-electron chi connectivity index (χ2n) is 5.36. The Bertz CT molecular complexity index is 744. The SMILES string of the molecule is COc1ccc(C)cc1N[C@@H](C)C(=O)Nc1ccc([N+](=O)[O-])cc1. The number of hydrogen-bond donors (Lipinski definition) is 2. The molecule has 7 nitrogen and oxygen atoms in total. The average Bonchev–Trinajstić information content (AvgIpc) is 2.55. The molecule has 0 bridgehead atoms. The van der Waals surface area contributed by atoms with Gasteiger partial charge in [-0.25, -0.2) is 0 Å². The van der Waals surface area contributed by atoms with E-state index in [0.717, 1.165) is 11.3 Å². The molecule has 0 unspecified atom stereocenters. The van der Waals surface area contributed by atoms with Crippen molar-refractivity contribution in [2.75, 3.05) is 17.7 Å². The summed E-state index contributed by atoms with van der Waals surface area (Å²) in [4.78, 5) is 22.4. The topological polar surface area (TPSA) is 93.5 Å². The minimum atomic E-state index is -0.518. The van der Waals surface area contributed by atoms with Crippen molar-refractivity contribution in [3.8, 4) is 5.75 Å². The molecule has 1 atom stereocenters. The van der Waals surface area contributed by atoms with E-state index in [9.17, 15) is 14.9 Å². The molecule has 1 amide bonds. The van der Waals surface area contributed by atoms with Gasteiger partial charge in [-0.3, -0.25) is 14.9 Å². The van der Waals surface area contributed by atoms with Crippen LogP contribution in [0.25, 0.3) is 0 Å². The summed E-state index contributed by atoms with van der Waals surface area (Å²) >= 11 is 0. The highest BCUT2D eigenvalue weighted by molar-refractivity contribution is 5.96. The lowest BCUT2D eigenvalue weighted by Crippen LogP contribution is -2.32. The predicted molar refractivity (Wildman–Crippen MR) is 92.5 cm³/mol. The third-order valence-corrected chi connectivity index (χ3v) is 3.47. The molecule has 0 heterocycles. The molecule has 126 valence electrons. The Hall–Kier alpha value is -3.09. The number of carbonyl (C=O) groups excluding carboxylic acids is 1. The van der Waals surface area contributed by atoms with E-state index >= 15 is 0 Å². The van der Waals surface area contributed by atoms with Gasteiger partial charge >= 0.3 is 0 Å². The van der Waals surface area contributed by atoms with Gasteiger partial charge in [-0.1, -0.05) is 6.07 Å². The molecule has 0 aromatic heterocycles. The molecular weight excluding hydrogens is 310 g/mol. The van der Waals surface area contributed by atoms with Crippen LogP contribution in [0.1, 0.15) is 12.5 Å². The van der Waals surface area contributed by atoms with Crippen molar-refractivity contribution in [2.45, 2.75) is 19.9 Å². The molecule has 24 heavy (non-hydrogen) atoms. The summed E-state index contributed by atoms with van der Waals surface area (Å²) in [6.45, 7) is 3.68. The van der Waals surface area contributed by atoms with Crippen molar-refractivity contribution < 1.29 is 14.5 Å². The second kappa shape index (κ2) is 7.45. The van der Waals surface area contributed by atoms with Crippen molar-refractivity contribution in [3.05, 3.63) is 58.1 Å². The van der Waals surface area contributed by atoms with Crippen LogP contribution in [0.15, 0.2) is 42.5 Å². The summed E-state index contributed by atoms with van der Waals surface area (Å²) in [7, 11) is 1.57. The Labute approximate surface area is 139 Å². The first kappa shape index (κ1) is 17.3. The first-order valence-corrected chi connectivity index (χ1v) is 7.37. The zero-order valence-electron chi connectivity index (χ0n) is 13.7. The Kier molecular flexibility index (Phi) is 5.36. The number of anilines is 2. The van der Waals surface area contributed by atoms with Crippen LogP contribution in [0, 0.1) is 17.0 Å². The Balaban J connectivity index is 2.04. The van der Waals surface area contributed by atoms with Crippen molar-refractivity contribution in [3.63, 3.8) is 0 Å². The minimum absolute atomic E-state index is 0.0244. The molecule has 0 spiro atoms. The maximum atomic E-state index is 12.3. The summed E-state index contributed by atoms with van der Waals surface area (Å²) in [6, 6.07) is 10.8. The largest absolute Gasteiger partial charge is 0.495 e. The van der Waals surface area contributed by atoms with E-state index in [2.05, 4.69) is 10.6 Å². The van der Waals surface area contributed by atoms with E-state index in [4.69, 9.17) is 4.74 Å². The minimum Gasteiger partial charge on any atom is -0.495 e. The third-order valence-electron chi connectivity index (χ3n) is 3.47. The van der Waals surface area contributed by atoms with Gasteiger partial charge in [-0.2, -0.15) is 0 Å². The third kappa shape index (κ3) is 4.22. The lowest BCUT2D eigenvalue weighted by molar-refractivity contribution is -0.384. The van der Waals surface area contributed by atoms with Gasteiger partial charge in [-0.05, 0) is 43.7 Å². The Morgan fingerprint density at radius 2 is 1.88 bits per heavy atom. The number of rotatable bonds is 6. The van der Waals surface area contributed by atoms with Gasteiger partial charge < -0.3 is 15.4 Å². The molecule has 0 aliphatic rings. The Morgan fingerprint density at radius 1 is 1.21 bits per heavy atom. The van der Waals surface area contributed by atoms with Crippen LogP contribution in [0.4, 0.5) is 17.1 Å². The number of methoxy groups -OCH3 is 1. The van der Waals surface area contributed by atoms with Crippen LogP contribution in [-0.4, -0.2) is 24.0 Å². The number of non-ortho nitro benzene ring substituents is 1. The van der Waals surface area contributed by atoms with Crippen LogP contribution in [0.3, 0.4) is 0 Å². The van der Waals surface area contributed by atoms with Gasteiger partial charge in [0.05, 0.1) is 17.7 Å². The quantitative estimate of drug-likeness (QED) is 0.626. The first-order valence-electron chi connectivity index (χ1n) is 7.37. The molecule has 2 aromatic rings. The van der Waals surface area contributed by atoms with Crippen molar-refractivity contribution in [1.29, 1.82) is 0 Å². The average molecular weight is 329 g/mol. The first-order chi connectivity index (χ1) is 11.4. The normalized spacial score (nSPS) is 11.5. The second-order valence-corrected chi connectivity index (χ2v) is 5.36. The van der Waals surface area contributed by atoms with Crippen LogP contribution < -0.4 is 15.4 Å². The number of hydrogen-bond acceptors (Lipinski definition) is 5. The fourth-order valence-electron chi connectivity index (χ4n) is 2.15. The molecule has 0 fully saturated rings. The molecule has 0 saturated carbocycles. The molecule has 0 saturated heterocycles. The van der Waals surface area contributed by atoms with E-state index in [1.54, 1.807) is 14.0 Å². The number of carbonyl (C=O) groups is 1. The number of aryl methyl sites for hydroxylation is 1. The number of nitrogens with zero attached hydrogens (tertiary/aromatic N) is 1. The van der Waals surface area contributed by atoms with Gasteiger partial charge in [0.2, 0.25) is 5.91 Å². The Morgan fingerprint density at radius 3 is 2.46 bits per heavy atom. The highest BCUT2D eigenvalue weighted by Crippen LogP contribution is 2.26. The standard InChI is InChI=1S/C17H19N3O4/c1-11-4-9-16(24-3)15(10-11)18-12(2)17(21)19-13-5-7-14(8-6-13)20(22)23/h4-10,12,18H,1-3H3,(H,19,21)/t12-/m0/s1. The van der Waals surface area contributed by atoms with Gasteiger partial charge in [0, 0.05) is 17.8 Å². The number of nitro benzene ring substituents is 1. The highest BCUT2D eigenvalue weighted by Gasteiger charge is 2.15. The lowest BCUT2D eigenvalue weighted by atomic mass is 10.2. The van der Waals surface area contributed by atoms with E-state index in [1.165, 1.54) is 24.3 Å². The zero-order valence-corrected chi connectivity index (χ0v) is 13.7. The van der Waals surface area contributed by atoms with Crippen LogP contribution in [0.2, 0.25) is 0 Å². The number of amides is 1. The fraction of sp³-hybridized carbons (Fsp3) is 0.235. The lowest BCUT2D eigenvalue weighted by Gasteiger charge is -2.18. The molecule has 0 aliphatic heterocycles. The summed E-state index contributed by atoms with van der Waals surface area (Å²) < 4.78 is 5.28. The number of benzene rings is 2. The maximum Gasteiger partial charge on any atom is 0.269 e. The summed E-state index contributed by atoms with van der Waals surface area (Å²) in [5, 5.41) is 16.5. The van der Waals surface area contributed by atoms with E-state index < -0.39 is 11.0 Å². The summed E-state index contributed by atoms with van der Waals surface area (Å²) in [5.74, 6) is 0.392. The highest BCUT2D eigenvalue weighted by atomic mass is 16.6. The molecule has 0 radical (unpaired) electrons. The van der Waals surface area contributed by atoms with Gasteiger partial charge in [0.1, 0.15) is 11.8 Å². The van der Waals surface area contributed by atoms with Crippen LogP contribution in [0.5, 0.6) is 5.75 Å². The smallest absolute Gasteiger partial charge is 0.269 e. The molecule has 0 aliphatic carbocycles. The maximum absolute atomic E-state index is 12.3. The molecular formula is C17H19N3O4. The number of nitrogens with one attached hydrogen (secondary N) is 2. The summed E-state index contributed by atoms with van der Waals surface area (Å²) in [6.07, 6.45) is 0. The van der Waals surface area contributed by atoms with Crippen molar-refractivity contribution in [2.24, 2.45) is 0 Å². The fourth-order valence-corrected chi connectivity index (χ4v) is 2.15. The van der Waals surface area contributed by atoms with Crippen LogP contribution in [-0.2, 0) is 4.79 Å². The molecule has 2 N–H and O–H groups in total. The van der Waals surface area contributed by atoms with Gasteiger partial charge in [-0.15, -0.1) is 0 Å². The molecule has 7 heteroatoms. The van der Waals surface area contributed by atoms with Gasteiger partial charge in [0.15, 0.2) is 0 Å². The predicted octanol–water partition coefficient (Wildman–Crippen LogP) is 3.35. The number of nitro groups is 1. The van der Waals surface area contributed by atoms with Crippen LogP contribution >= 0.6 is 0 Å². The van der Waals surface area contributed by atoms with E-state index in [0.29, 0.717) is 11.4 Å². The van der Waals surface area contributed by atoms with Gasteiger partial charge in [0.25, 0.3) is 5.69 Å². The molecule has 2 rings (SSSR count). The summed E-state index contributed by atoms with van der Waals surface area (Å²) in [5.41, 5.74) is 2.24. The zero-order chi connectivity index (χ0) is 17.7. The van der Waals surface area contributed by atoms with Crippen molar-refractivity contribution >= 4 is 23.0 Å².